The van der Waals surface area contributed by atoms with Crippen molar-refractivity contribution in [2.24, 2.45) is 0 Å². The van der Waals surface area contributed by atoms with E-state index in [4.69, 9.17) is 0 Å². The van der Waals surface area contributed by atoms with Gasteiger partial charge in [0.1, 0.15) is 0 Å². The van der Waals surface area contributed by atoms with Gasteiger partial charge in [-0.1, -0.05) is 13.2 Å². The van der Waals surface area contributed by atoms with E-state index in [1.807, 2.05) is 0 Å². The van der Waals surface area contributed by atoms with Crippen molar-refractivity contribution in [1.29, 1.82) is 0 Å². The highest BCUT2D eigenvalue weighted by Crippen LogP contribution is 1.85. The van der Waals surface area contributed by atoms with Crippen molar-refractivity contribution in [1.82, 2.24) is 20.9 Å². The number of nitrogens with zero attached hydrogens (tertiary/aromatic N) is 1. The quantitative estimate of drug-likeness (QED) is 0.310. The van der Waals surface area contributed by atoms with Crippen molar-refractivity contribution in [2.75, 3.05) is 39.3 Å². The molecule has 5 heteroatoms. The molecule has 0 saturated carbocycles. The minimum absolute atomic E-state index is 0.672. The normalized spacial score (nSPS) is 9.56. The van der Waals surface area contributed by atoms with Gasteiger partial charge in [0.2, 0.25) is 6.41 Å². The third-order valence-corrected chi connectivity index (χ3v) is 2.09. The SMILES string of the molecule is C=CNCCN(CCNC=C)CCNC=O. The molecule has 0 aromatic heterocycles. The van der Waals surface area contributed by atoms with Crippen LogP contribution in [0.3, 0.4) is 0 Å². The fourth-order valence-corrected chi connectivity index (χ4v) is 1.27. The highest BCUT2D eigenvalue weighted by Gasteiger charge is 2.02. The minimum atomic E-state index is 0.672. The van der Waals surface area contributed by atoms with Crippen LogP contribution in [0.2, 0.25) is 0 Å². The summed E-state index contributed by atoms with van der Waals surface area (Å²) < 4.78 is 0. The summed E-state index contributed by atoms with van der Waals surface area (Å²) >= 11 is 0. The molecule has 0 aromatic carbocycles. The Kier molecular flexibility index (Phi) is 10.5. The molecule has 0 atom stereocenters. The Hall–Kier alpha value is -1.49. The predicted octanol–water partition coefficient (Wildman–Crippen LogP) is -0.499. The molecule has 0 bridgehead atoms. The zero-order chi connectivity index (χ0) is 12.1. The first kappa shape index (κ1) is 14.5. The van der Waals surface area contributed by atoms with Crippen molar-refractivity contribution < 1.29 is 4.79 Å². The largest absolute Gasteiger partial charge is 0.390 e. The van der Waals surface area contributed by atoms with Crippen molar-refractivity contribution in [3.63, 3.8) is 0 Å². The van der Waals surface area contributed by atoms with Crippen molar-refractivity contribution in [3.05, 3.63) is 25.6 Å². The summed E-state index contributed by atoms with van der Waals surface area (Å²) in [5.41, 5.74) is 0. The van der Waals surface area contributed by atoms with Crippen molar-refractivity contribution in [2.45, 2.75) is 0 Å². The van der Waals surface area contributed by atoms with Gasteiger partial charge in [0.05, 0.1) is 0 Å². The fraction of sp³-hybridized carbons (Fsp3) is 0.545. The first-order valence-electron chi connectivity index (χ1n) is 5.43. The molecule has 0 spiro atoms. The van der Waals surface area contributed by atoms with Crippen LogP contribution in [0.5, 0.6) is 0 Å². The van der Waals surface area contributed by atoms with E-state index in [1.165, 1.54) is 0 Å². The minimum Gasteiger partial charge on any atom is -0.390 e. The number of carbonyl (C=O) groups excluding carboxylic acids is 1. The third-order valence-electron chi connectivity index (χ3n) is 2.09. The van der Waals surface area contributed by atoms with Crippen LogP contribution in [0.25, 0.3) is 0 Å². The van der Waals surface area contributed by atoms with Crippen LogP contribution in [0.1, 0.15) is 0 Å². The average Bonchev–Trinajstić information content (AvgIpc) is 2.29. The molecule has 5 nitrogen and oxygen atoms in total. The zero-order valence-corrected chi connectivity index (χ0v) is 9.74. The lowest BCUT2D eigenvalue weighted by Crippen LogP contribution is -2.39. The molecule has 0 rings (SSSR count). The van der Waals surface area contributed by atoms with E-state index in [1.54, 1.807) is 12.4 Å². The van der Waals surface area contributed by atoms with Gasteiger partial charge in [0.15, 0.2) is 0 Å². The summed E-state index contributed by atoms with van der Waals surface area (Å²) in [6.07, 6.45) is 4.09. The molecule has 0 heterocycles. The number of amides is 1. The van der Waals surface area contributed by atoms with E-state index in [-0.39, 0.29) is 0 Å². The molecule has 1 amide bonds. The molecule has 0 fully saturated rings. The van der Waals surface area contributed by atoms with Crippen LogP contribution in [-0.4, -0.2) is 50.6 Å². The Balaban J connectivity index is 3.69. The molecule has 16 heavy (non-hydrogen) atoms. The highest BCUT2D eigenvalue weighted by molar-refractivity contribution is 5.45. The van der Waals surface area contributed by atoms with Gasteiger partial charge in [-0.2, -0.15) is 0 Å². The number of hydrogen-bond donors (Lipinski definition) is 3. The van der Waals surface area contributed by atoms with E-state index in [0.29, 0.717) is 6.54 Å². The van der Waals surface area contributed by atoms with Crippen LogP contribution in [0, 0.1) is 0 Å². The highest BCUT2D eigenvalue weighted by atomic mass is 16.1. The first-order chi connectivity index (χ1) is 7.85. The molecule has 0 aliphatic heterocycles. The first-order valence-corrected chi connectivity index (χ1v) is 5.43. The number of carbonyl (C=O) groups is 1. The summed E-state index contributed by atoms with van der Waals surface area (Å²) in [6.45, 7) is 12.3. The van der Waals surface area contributed by atoms with Gasteiger partial charge >= 0.3 is 0 Å². The van der Waals surface area contributed by atoms with Crippen molar-refractivity contribution in [3.8, 4) is 0 Å². The summed E-state index contributed by atoms with van der Waals surface area (Å²) in [5, 5.41) is 8.76. The van der Waals surface area contributed by atoms with Gasteiger partial charge in [-0.3, -0.25) is 9.69 Å². The maximum atomic E-state index is 10.1. The zero-order valence-electron chi connectivity index (χ0n) is 9.74. The lowest BCUT2D eigenvalue weighted by molar-refractivity contribution is -0.109. The number of nitrogens with one attached hydrogen (secondary N) is 3. The molecule has 0 radical (unpaired) electrons. The molecular formula is C11H22N4O. The molecule has 0 aromatic rings. The van der Waals surface area contributed by atoms with Crippen LogP contribution < -0.4 is 16.0 Å². The number of rotatable bonds is 12. The Morgan fingerprint density at radius 1 is 0.875 bits per heavy atom. The average molecular weight is 226 g/mol. The van der Waals surface area contributed by atoms with Gasteiger partial charge < -0.3 is 16.0 Å². The van der Waals surface area contributed by atoms with Crippen LogP contribution in [-0.2, 0) is 4.79 Å². The van der Waals surface area contributed by atoms with Gasteiger partial charge in [0, 0.05) is 39.3 Å². The molecule has 0 saturated heterocycles. The second kappa shape index (κ2) is 11.6. The van der Waals surface area contributed by atoms with E-state index in [9.17, 15) is 4.79 Å². The topological polar surface area (TPSA) is 56.4 Å². The van der Waals surface area contributed by atoms with Gasteiger partial charge in [-0.25, -0.2) is 0 Å². The summed E-state index contributed by atoms with van der Waals surface area (Å²) in [7, 11) is 0. The molecular weight excluding hydrogens is 204 g/mol. The lowest BCUT2D eigenvalue weighted by atomic mass is 10.4. The predicted molar refractivity (Wildman–Crippen MR) is 66.9 cm³/mol. The second-order valence-electron chi connectivity index (χ2n) is 3.23. The van der Waals surface area contributed by atoms with Crippen LogP contribution in [0.4, 0.5) is 0 Å². The number of hydrogen-bond acceptors (Lipinski definition) is 4. The molecule has 0 aliphatic carbocycles. The van der Waals surface area contributed by atoms with E-state index in [0.717, 1.165) is 39.1 Å². The van der Waals surface area contributed by atoms with E-state index >= 15 is 0 Å². The monoisotopic (exact) mass is 226 g/mol. The Morgan fingerprint density at radius 3 is 1.69 bits per heavy atom. The van der Waals surface area contributed by atoms with Crippen LogP contribution in [0.15, 0.2) is 25.6 Å². The summed E-state index contributed by atoms with van der Waals surface area (Å²) in [4.78, 5) is 12.4. The second-order valence-corrected chi connectivity index (χ2v) is 3.23. The summed E-state index contributed by atoms with van der Waals surface area (Å²) in [6, 6.07) is 0. The maximum absolute atomic E-state index is 10.1. The fourth-order valence-electron chi connectivity index (χ4n) is 1.27. The molecule has 0 aliphatic rings. The Bertz CT molecular complexity index is 163. The van der Waals surface area contributed by atoms with Crippen LogP contribution >= 0.6 is 0 Å². The van der Waals surface area contributed by atoms with E-state index in [2.05, 4.69) is 34.0 Å². The Morgan fingerprint density at radius 2 is 1.31 bits per heavy atom. The molecule has 0 unspecified atom stereocenters. The van der Waals surface area contributed by atoms with Gasteiger partial charge in [-0.15, -0.1) is 0 Å². The maximum Gasteiger partial charge on any atom is 0.207 e. The van der Waals surface area contributed by atoms with Gasteiger partial charge in [-0.05, 0) is 12.4 Å². The van der Waals surface area contributed by atoms with Gasteiger partial charge in [0.25, 0.3) is 0 Å². The molecule has 3 N–H and O–H groups in total. The lowest BCUT2D eigenvalue weighted by Gasteiger charge is -2.21. The molecule has 92 valence electrons. The van der Waals surface area contributed by atoms with Crippen molar-refractivity contribution >= 4 is 6.41 Å². The smallest absolute Gasteiger partial charge is 0.207 e. The standard InChI is InChI=1S/C11H22N4O/c1-3-12-5-8-15(9-6-13-4-2)10-7-14-11-16/h3-4,11-13H,1-2,5-10H2,(H,14,16). The Labute approximate surface area is 97.6 Å². The third kappa shape index (κ3) is 9.08. The van der Waals surface area contributed by atoms with E-state index < -0.39 is 0 Å². The summed E-state index contributed by atoms with van der Waals surface area (Å²) in [5.74, 6) is 0.